The highest BCUT2D eigenvalue weighted by Crippen LogP contribution is 2.22. The minimum absolute atomic E-state index is 0.000663. The van der Waals surface area contributed by atoms with Gasteiger partial charge < -0.3 is 15.4 Å². The van der Waals surface area contributed by atoms with Crippen LogP contribution in [0.4, 0.5) is 5.69 Å². The van der Waals surface area contributed by atoms with Crippen LogP contribution in [-0.2, 0) is 4.74 Å². The number of anilines is 1. The monoisotopic (exact) mass is 337 g/mol. The molecule has 3 rings (SSSR count). The molecule has 0 bridgehead atoms. The number of carbonyl (C=O) groups excluding carboxylic acids is 1. The summed E-state index contributed by atoms with van der Waals surface area (Å²) in [5, 5.41) is 0.430. The molecule has 23 heavy (non-hydrogen) atoms. The fourth-order valence-corrected chi connectivity index (χ4v) is 3.57. The number of rotatable bonds is 3. The van der Waals surface area contributed by atoms with Crippen molar-refractivity contribution in [3.63, 3.8) is 0 Å². The van der Waals surface area contributed by atoms with E-state index in [1.54, 1.807) is 18.2 Å². The second-order valence-corrected chi connectivity index (χ2v) is 6.80. The molecule has 0 spiro atoms. The van der Waals surface area contributed by atoms with Crippen LogP contribution < -0.4 is 5.73 Å². The second kappa shape index (κ2) is 7.51. The van der Waals surface area contributed by atoms with E-state index in [2.05, 4.69) is 4.90 Å². The zero-order chi connectivity index (χ0) is 16.2. The third-order valence-corrected chi connectivity index (χ3v) is 5.05. The van der Waals surface area contributed by atoms with Gasteiger partial charge in [0.05, 0.1) is 10.6 Å². The van der Waals surface area contributed by atoms with Crippen molar-refractivity contribution in [2.24, 2.45) is 5.92 Å². The van der Waals surface area contributed by atoms with Crippen molar-refractivity contribution in [3.05, 3.63) is 28.8 Å². The highest BCUT2D eigenvalue weighted by molar-refractivity contribution is 6.34. The molecule has 2 heterocycles. The molecule has 5 nitrogen and oxygen atoms in total. The van der Waals surface area contributed by atoms with Crippen LogP contribution in [0.2, 0.25) is 5.02 Å². The van der Waals surface area contributed by atoms with E-state index in [1.165, 1.54) is 0 Å². The van der Waals surface area contributed by atoms with Gasteiger partial charge in [0.1, 0.15) is 0 Å². The largest absolute Gasteiger partial charge is 0.399 e. The van der Waals surface area contributed by atoms with E-state index in [1.807, 2.05) is 4.90 Å². The summed E-state index contributed by atoms with van der Waals surface area (Å²) in [6, 6.07) is 5.07. The number of nitrogen functional groups attached to an aromatic ring is 1. The average Bonchev–Trinajstić information content (AvgIpc) is 2.56. The van der Waals surface area contributed by atoms with Crippen LogP contribution in [0.3, 0.4) is 0 Å². The van der Waals surface area contributed by atoms with E-state index in [4.69, 9.17) is 22.1 Å². The van der Waals surface area contributed by atoms with Crippen molar-refractivity contribution >= 4 is 23.2 Å². The Balaban J connectivity index is 1.52. The molecule has 0 saturated carbocycles. The maximum Gasteiger partial charge on any atom is 0.255 e. The number of amides is 1. The topological polar surface area (TPSA) is 58.8 Å². The summed E-state index contributed by atoms with van der Waals surface area (Å²) < 4.78 is 5.41. The van der Waals surface area contributed by atoms with Gasteiger partial charge in [-0.05, 0) is 37.0 Å². The fourth-order valence-electron chi connectivity index (χ4n) is 3.30. The van der Waals surface area contributed by atoms with Crippen molar-refractivity contribution < 1.29 is 9.53 Å². The van der Waals surface area contributed by atoms with Gasteiger partial charge in [0.2, 0.25) is 0 Å². The summed E-state index contributed by atoms with van der Waals surface area (Å²) in [5.41, 5.74) is 6.81. The lowest BCUT2D eigenvalue weighted by atomic mass is 9.99. The molecule has 0 aliphatic carbocycles. The molecule has 126 valence electrons. The summed E-state index contributed by atoms with van der Waals surface area (Å²) in [5.74, 6) is 0.735. The van der Waals surface area contributed by atoms with E-state index in [0.29, 0.717) is 16.3 Å². The van der Waals surface area contributed by atoms with E-state index in [0.717, 1.165) is 64.7 Å². The summed E-state index contributed by atoms with van der Waals surface area (Å²) in [7, 11) is 0. The first-order valence-corrected chi connectivity index (χ1v) is 8.65. The number of hydrogen-bond acceptors (Lipinski definition) is 4. The molecule has 2 saturated heterocycles. The predicted molar refractivity (Wildman–Crippen MR) is 91.8 cm³/mol. The quantitative estimate of drug-likeness (QED) is 0.858. The Morgan fingerprint density at radius 3 is 2.57 bits per heavy atom. The lowest BCUT2D eigenvalue weighted by molar-refractivity contribution is 0.0393. The highest BCUT2D eigenvalue weighted by atomic mass is 35.5. The first kappa shape index (κ1) is 16.6. The Morgan fingerprint density at radius 1 is 1.22 bits per heavy atom. The van der Waals surface area contributed by atoms with Crippen LogP contribution in [-0.4, -0.2) is 61.6 Å². The standard InChI is InChI=1S/C17H24ClN3O2/c18-16-11-14(19)1-2-15(16)17(22)21-7-5-20(6-8-21)12-13-3-9-23-10-4-13/h1-2,11,13H,3-10,12,19H2. The second-order valence-electron chi connectivity index (χ2n) is 6.39. The van der Waals surface area contributed by atoms with Gasteiger partial charge in [-0.25, -0.2) is 0 Å². The minimum atomic E-state index is 0.000663. The molecule has 2 fully saturated rings. The molecule has 0 aromatic heterocycles. The lowest BCUT2D eigenvalue weighted by Gasteiger charge is -2.37. The molecule has 1 amide bonds. The third-order valence-electron chi connectivity index (χ3n) is 4.74. The van der Waals surface area contributed by atoms with Crippen LogP contribution in [0.1, 0.15) is 23.2 Å². The molecule has 6 heteroatoms. The SMILES string of the molecule is Nc1ccc(C(=O)N2CCN(CC3CCOCC3)CC2)c(Cl)c1. The maximum absolute atomic E-state index is 12.6. The van der Waals surface area contributed by atoms with E-state index in [-0.39, 0.29) is 5.91 Å². The zero-order valence-electron chi connectivity index (χ0n) is 13.3. The minimum Gasteiger partial charge on any atom is -0.399 e. The van der Waals surface area contributed by atoms with Crippen molar-refractivity contribution in [1.29, 1.82) is 0 Å². The Hall–Kier alpha value is -1.30. The van der Waals surface area contributed by atoms with Crippen LogP contribution in [0, 0.1) is 5.92 Å². The first-order valence-electron chi connectivity index (χ1n) is 8.28. The average molecular weight is 338 g/mol. The molecule has 1 aromatic rings. The molecule has 1 aromatic carbocycles. The number of piperazine rings is 1. The molecule has 0 atom stereocenters. The Bertz CT molecular complexity index is 553. The van der Waals surface area contributed by atoms with Gasteiger partial charge >= 0.3 is 0 Å². The summed E-state index contributed by atoms with van der Waals surface area (Å²) in [4.78, 5) is 16.9. The molecule has 2 aliphatic rings. The van der Waals surface area contributed by atoms with E-state index >= 15 is 0 Å². The smallest absolute Gasteiger partial charge is 0.255 e. The predicted octanol–water partition coefficient (Wildman–Crippen LogP) is 2.11. The van der Waals surface area contributed by atoms with Gasteiger partial charge in [-0.15, -0.1) is 0 Å². The summed E-state index contributed by atoms with van der Waals surface area (Å²) in [6.45, 7) is 6.25. The van der Waals surface area contributed by atoms with Crippen LogP contribution in [0.5, 0.6) is 0 Å². The van der Waals surface area contributed by atoms with Crippen LogP contribution >= 0.6 is 11.6 Å². The van der Waals surface area contributed by atoms with Gasteiger partial charge in [-0.2, -0.15) is 0 Å². The number of nitrogens with zero attached hydrogens (tertiary/aromatic N) is 2. The molecule has 0 radical (unpaired) electrons. The number of hydrogen-bond donors (Lipinski definition) is 1. The normalized spacial score (nSPS) is 20.7. The number of benzene rings is 1. The van der Waals surface area contributed by atoms with Gasteiger partial charge in [0, 0.05) is 51.6 Å². The number of nitrogens with two attached hydrogens (primary N) is 1. The Morgan fingerprint density at radius 2 is 1.91 bits per heavy atom. The first-order chi connectivity index (χ1) is 11.1. The molecular weight excluding hydrogens is 314 g/mol. The maximum atomic E-state index is 12.6. The van der Waals surface area contributed by atoms with Crippen molar-refractivity contribution in [1.82, 2.24) is 9.80 Å². The van der Waals surface area contributed by atoms with Gasteiger partial charge in [-0.1, -0.05) is 11.6 Å². The van der Waals surface area contributed by atoms with Crippen LogP contribution in [0.15, 0.2) is 18.2 Å². The fraction of sp³-hybridized carbons (Fsp3) is 0.588. The lowest BCUT2D eigenvalue weighted by Crippen LogP contribution is -2.50. The molecular formula is C17H24ClN3O2. The van der Waals surface area contributed by atoms with Crippen molar-refractivity contribution in [2.75, 3.05) is 51.7 Å². The summed E-state index contributed by atoms with van der Waals surface area (Å²) in [6.07, 6.45) is 2.31. The van der Waals surface area contributed by atoms with Gasteiger partial charge in [-0.3, -0.25) is 9.69 Å². The van der Waals surface area contributed by atoms with Gasteiger partial charge in [0.15, 0.2) is 0 Å². The molecule has 2 N–H and O–H groups in total. The van der Waals surface area contributed by atoms with E-state index < -0.39 is 0 Å². The molecule has 0 unspecified atom stereocenters. The Kier molecular flexibility index (Phi) is 5.41. The van der Waals surface area contributed by atoms with Crippen LogP contribution in [0.25, 0.3) is 0 Å². The Labute approximate surface area is 142 Å². The number of carbonyl (C=O) groups is 1. The van der Waals surface area contributed by atoms with E-state index in [9.17, 15) is 4.79 Å². The van der Waals surface area contributed by atoms with Crippen molar-refractivity contribution in [2.45, 2.75) is 12.8 Å². The zero-order valence-corrected chi connectivity index (χ0v) is 14.1. The molecule has 2 aliphatic heterocycles. The van der Waals surface area contributed by atoms with Crippen molar-refractivity contribution in [3.8, 4) is 0 Å². The van der Waals surface area contributed by atoms with Gasteiger partial charge in [0.25, 0.3) is 5.91 Å². The summed E-state index contributed by atoms with van der Waals surface area (Å²) >= 11 is 6.15. The number of ether oxygens (including phenoxy) is 1. The third kappa shape index (κ3) is 4.16. The highest BCUT2D eigenvalue weighted by Gasteiger charge is 2.25. The number of halogens is 1.